The predicted octanol–water partition coefficient (Wildman–Crippen LogP) is 1.67. The number of carbonyl (C=O) groups excluding carboxylic acids is 1. The molecule has 1 amide bonds. The second-order valence-corrected chi connectivity index (χ2v) is 4.68. The quantitative estimate of drug-likeness (QED) is 0.715. The Bertz CT molecular complexity index is 266. The highest BCUT2D eigenvalue weighted by molar-refractivity contribution is 5.81. The highest BCUT2D eigenvalue weighted by atomic mass is 16.2. The summed E-state index contributed by atoms with van der Waals surface area (Å²) >= 11 is 0. The monoisotopic (exact) mass is 237 g/mol. The van der Waals surface area contributed by atoms with Crippen LogP contribution in [0.3, 0.4) is 0 Å². The topological polar surface area (TPSA) is 56.1 Å². The van der Waals surface area contributed by atoms with Crippen molar-refractivity contribution in [3.05, 3.63) is 0 Å². The maximum Gasteiger partial charge on any atom is 0.239 e. The first-order valence-corrected chi connectivity index (χ1v) is 6.65. The lowest BCUT2D eigenvalue weighted by Crippen LogP contribution is -2.47. The molecule has 96 valence electrons. The lowest BCUT2D eigenvalue weighted by atomic mass is 10.1. The van der Waals surface area contributed by atoms with Crippen molar-refractivity contribution in [1.82, 2.24) is 10.2 Å². The minimum atomic E-state index is -0.0878. The minimum absolute atomic E-state index is 0.0878. The van der Waals surface area contributed by atoms with E-state index in [9.17, 15) is 4.79 Å². The molecule has 0 spiro atoms. The van der Waals surface area contributed by atoms with Crippen molar-refractivity contribution in [1.29, 1.82) is 5.26 Å². The number of hydrogen-bond acceptors (Lipinski definition) is 3. The molecule has 4 heteroatoms. The number of hydrogen-bond donors (Lipinski definition) is 1. The average Bonchev–Trinajstić information content (AvgIpc) is 2.38. The van der Waals surface area contributed by atoms with Gasteiger partial charge in [0.1, 0.15) is 0 Å². The summed E-state index contributed by atoms with van der Waals surface area (Å²) in [6.45, 7) is 4.59. The number of amides is 1. The first-order chi connectivity index (χ1) is 8.25. The standard InChI is InChI=1S/C13H23N3O/c1-12(15-9-5-2-4-8-14)13(17)16-10-6-3-7-11-16/h12,15H,2-7,9-11H2,1H3. The smallest absolute Gasteiger partial charge is 0.239 e. The molecule has 1 fully saturated rings. The van der Waals surface area contributed by atoms with E-state index in [1.807, 2.05) is 11.8 Å². The van der Waals surface area contributed by atoms with E-state index in [-0.39, 0.29) is 11.9 Å². The molecule has 1 rings (SSSR count). The number of likely N-dealkylation sites (tertiary alicyclic amines) is 1. The Balaban J connectivity index is 2.15. The van der Waals surface area contributed by atoms with Crippen LogP contribution in [0, 0.1) is 11.3 Å². The lowest BCUT2D eigenvalue weighted by molar-refractivity contribution is -0.133. The maximum absolute atomic E-state index is 12.0. The summed E-state index contributed by atoms with van der Waals surface area (Å²) in [7, 11) is 0. The number of rotatable bonds is 6. The zero-order chi connectivity index (χ0) is 12.5. The van der Waals surface area contributed by atoms with Gasteiger partial charge in [0.15, 0.2) is 0 Å². The van der Waals surface area contributed by atoms with Gasteiger partial charge in [0.2, 0.25) is 5.91 Å². The number of unbranched alkanes of at least 4 members (excludes halogenated alkanes) is 2. The molecular weight excluding hydrogens is 214 g/mol. The maximum atomic E-state index is 12.0. The summed E-state index contributed by atoms with van der Waals surface area (Å²) in [5, 5.41) is 11.6. The van der Waals surface area contributed by atoms with E-state index in [1.54, 1.807) is 0 Å². The van der Waals surface area contributed by atoms with Gasteiger partial charge < -0.3 is 10.2 Å². The Labute approximate surface area is 104 Å². The lowest BCUT2D eigenvalue weighted by Gasteiger charge is -2.29. The van der Waals surface area contributed by atoms with E-state index >= 15 is 0 Å². The number of nitrogens with zero attached hydrogens (tertiary/aromatic N) is 2. The van der Waals surface area contributed by atoms with Crippen molar-refractivity contribution in [2.24, 2.45) is 0 Å². The van der Waals surface area contributed by atoms with Crippen LogP contribution in [0.1, 0.15) is 45.4 Å². The van der Waals surface area contributed by atoms with Crippen LogP contribution >= 0.6 is 0 Å². The Morgan fingerprint density at radius 2 is 2.06 bits per heavy atom. The third-order valence-electron chi connectivity index (χ3n) is 3.20. The van der Waals surface area contributed by atoms with Gasteiger partial charge in [0.05, 0.1) is 12.1 Å². The van der Waals surface area contributed by atoms with Crippen LogP contribution in [0.5, 0.6) is 0 Å². The number of carbonyl (C=O) groups is 1. The van der Waals surface area contributed by atoms with Gasteiger partial charge in [0, 0.05) is 19.5 Å². The summed E-state index contributed by atoms with van der Waals surface area (Å²) in [6, 6.07) is 2.04. The zero-order valence-electron chi connectivity index (χ0n) is 10.7. The SMILES string of the molecule is CC(NCCCCC#N)C(=O)N1CCCCC1. The first-order valence-electron chi connectivity index (χ1n) is 6.65. The Hall–Kier alpha value is -1.08. The van der Waals surface area contributed by atoms with Crippen LogP contribution in [0.4, 0.5) is 0 Å². The Kier molecular flexibility index (Phi) is 6.64. The minimum Gasteiger partial charge on any atom is -0.341 e. The van der Waals surface area contributed by atoms with Crippen molar-refractivity contribution in [3.63, 3.8) is 0 Å². The van der Waals surface area contributed by atoms with E-state index < -0.39 is 0 Å². The molecule has 1 unspecified atom stereocenters. The Morgan fingerprint density at radius 3 is 2.71 bits per heavy atom. The fraction of sp³-hybridized carbons (Fsp3) is 0.846. The van der Waals surface area contributed by atoms with Crippen LogP contribution in [0.25, 0.3) is 0 Å². The van der Waals surface area contributed by atoms with Crippen LogP contribution < -0.4 is 5.32 Å². The van der Waals surface area contributed by atoms with Gasteiger partial charge in [-0.05, 0) is 45.6 Å². The van der Waals surface area contributed by atoms with E-state index in [0.717, 1.165) is 45.3 Å². The summed E-state index contributed by atoms with van der Waals surface area (Å²) in [6.07, 6.45) is 6.01. The summed E-state index contributed by atoms with van der Waals surface area (Å²) < 4.78 is 0. The summed E-state index contributed by atoms with van der Waals surface area (Å²) in [5.41, 5.74) is 0. The zero-order valence-corrected chi connectivity index (χ0v) is 10.7. The predicted molar refractivity (Wildman–Crippen MR) is 67.4 cm³/mol. The van der Waals surface area contributed by atoms with Crippen molar-refractivity contribution in [2.75, 3.05) is 19.6 Å². The third kappa shape index (κ3) is 5.18. The molecule has 17 heavy (non-hydrogen) atoms. The van der Waals surface area contributed by atoms with Gasteiger partial charge in [0.25, 0.3) is 0 Å². The Morgan fingerprint density at radius 1 is 1.35 bits per heavy atom. The largest absolute Gasteiger partial charge is 0.341 e. The van der Waals surface area contributed by atoms with Crippen molar-refractivity contribution >= 4 is 5.91 Å². The molecule has 0 saturated carbocycles. The van der Waals surface area contributed by atoms with E-state index in [2.05, 4.69) is 11.4 Å². The summed E-state index contributed by atoms with van der Waals surface area (Å²) in [4.78, 5) is 14.0. The fourth-order valence-electron chi connectivity index (χ4n) is 2.12. The highest BCUT2D eigenvalue weighted by Gasteiger charge is 2.21. The van der Waals surface area contributed by atoms with Crippen molar-refractivity contribution < 1.29 is 4.79 Å². The van der Waals surface area contributed by atoms with Gasteiger partial charge in [-0.25, -0.2) is 0 Å². The van der Waals surface area contributed by atoms with Crippen LogP contribution in [-0.4, -0.2) is 36.5 Å². The molecule has 0 aliphatic carbocycles. The molecule has 0 aromatic heterocycles. The van der Waals surface area contributed by atoms with Gasteiger partial charge >= 0.3 is 0 Å². The third-order valence-corrected chi connectivity index (χ3v) is 3.20. The fourth-order valence-corrected chi connectivity index (χ4v) is 2.12. The highest BCUT2D eigenvalue weighted by Crippen LogP contribution is 2.09. The molecule has 0 radical (unpaired) electrons. The van der Waals surface area contributed by atoms with E-state index in [0.29, 0.717) is 6.42 Å². The molecule has 0 aromatic carbocycles. The van der Waals surface area contributed by atoms with E-state index in [4.69, 9.17) is 5.26 Å². The van der Waals surface area contributed by atoms with Crippen LogP contribution in [0.15, 0.2) is 0 Å². The molecule has 1 heterocycles. The number of piperidine rings is 1. The molecule has 1 atom stereocenters. The number of nitriles is 1. The molecule has 1 N–H and O–H groups in total. The molecule has 0 bridgehead atoms. The number of nitrogens with one attached hydrogen (secondary N) is 1. The van der Waals surface area contributed by atoms with Crippen molar-refractivity contribution in [2.45, 2.75) is 51.5 Å². The normalized spacial score (nSPS) is 17.5. The van der Waals surface area contributed by atoms with Gasteiger partial charge in [-0.1, -0.05) is 0 Å². The van der Waals surface area contributed by atoms with E-state index in [1.165, 1.54) is 6.42 Å². The first kappa shape index (κ1) is 14.0. The molecular formula is C13H23N3O. The van der Waals surface area contributed by atoms with Gasteiger partial charge in [-0.15, -0.1) is 0 Å². The van der Waals surface area contributed by atoms with Crippen molar-refractivity contribution in [3.8, 4) is 6.07 Å². The molecule has 1 aliphatic heterocycles. The van der Waals surface area contributed by atoms with Gasteiger partial charge in [-0.3, -0.25) is 4.79 Å². The molecule has 1 aliphatic rings. The van der Waals surface area contributed by atoms with Crippen LogP contribution in [0.2, 0.25) is 0 Å². The molecule has 4 nitrogen and oxygen atoms in total. The van der Waals surface area contributed by atoms with Crippen LogP contribution in [-0.2, 0) is 4.79 Å². The summed E-state index contributed by atoms with van der Waals surface area (Å²) in [5.74, 6) is 0.227. The second-order valence-electron chi connectivity index (χ2n) is 4.68. The molecule has 0 aromatic rings. The van der Waals surface area contributed by atoms with Gasteiger partial charge in [-0.2, -0.15) is 5.26 Å². The second kappa shape index (κ2) is 8.08. The average molecular weight is 237 g/mol. The molecule has 1 saturated heterocycles.